The molecule has 0 radical (unpaired) electrons. The van der Waals surface area contributed by atoms with Gasteiger partial charge >= 0.3 is 5.97 Å². The topological polar surface area (TPSA) is 97.2 Å². The number of para-hydroxylation sites is 1. The fourth-order valence-electron chi connectivity index (χ4n) is 2.49. The lowest BCUT2D eigenvalue weighted by atomic mass is 10.1. The standard InChI is InChI=1S/C20H17ClN2O5S/c1-11-6-7-13(9-14(11)21)22-20-23-19(26)16(29-20)8-12-4-3-5-15(27-2)18(12)28-10-17(24)25/h3-9H,10H2,1-2H3,(H,24,25)(H,22,23,26). The van der Waals surface area contributed by atoms with Crippen molar-refractivity contribution in [1.82, 2.24) is 5.32 Å². The number of rotatable bonds is 6. The molecule has 7 nitrogen and oxygen atoms in total. The summed E-state index contributed by atoms with van der Waals surface area (Å²) in [7, 11) is 1.45. The molecule has 0 bridgehead atoms. The van der Waals surface area contributed by atoms with Crippen LogP contribution in [-0.2, 0) is 9.59 Å². The maximum absolute atomic E-state index is 12.4. The largest absolute Gasteiger partial charge is 0.493 e. The summed E-state index contributed by atoms with van der Waals surface area (Å²) < 4.78 is 10.6. The van der Waals surface area contributed by atoms with E-state index < -0.39 is 12.6 Å². The number of aliphatic imine (C=N–C) groups is 1. The monoisotopic (exact) mass is 432 g/mol. The van der Waals surface area contributed by atoms with Crippen molar-refractivity contribution in [3.05, 3.63) is 57.5 Å². The highest BCUT2D eigenvalue weighted by atomic mass is 35.5. The number of hydrogen-bond donors (Lipinski definition) is 2. The summed E-state index contributed by atoms with van der Waals surface area (Å²) >= 11 is 7.28. The van der Waals surface area contributed by atoms with Crippen LogP contribution in [0.2, 0.25) is 5.02 Å². The zero-order chi connectivity index (χ0) is 21.0. The number of aliphatic carboxylic acids is 1. The number of nitrogens with one attached hydrogen (secondary N) is 1. The summed E-state index contributed by atoms with van der Waals surface area (Å²) in [5.41, 5.74) is 2.07. The summed E-state index contributed by atoms with van der Waals surface area (Å²) in [5, 5.41) is 12.6. The number of thioether (sulfide) groups is 1. The van der Waals surface area contributed by atoms with E-state index in [0.29, 0.717) is 32.1 Å². The molecule has 0 atom stereocenters. The van der Waals surface area contributed by atoms with Crippen molar-refractivity contribution >= 4 is 52.2 Å². The van der Waals surface area contributed by atoms with E-state index in [-0.39, 0.29) is 11.7 Å². The molecule has 150 valence electrons. The van der Waals surface area contributed by atoms with Gasteiger partial charge in [0.15, 0.2) is 23.3 Å². The van der Waals surface area contributed by atoms with Crippen LogP contribution in [-0.4, -0.2) is 35.9 Å². The number of carboxylic acid groups (broad SMARTS) is 1. The smallest absolute Gasteiger partial charge is 0.341 e. The molecule has 0 unspecified atom stereocenters. The number of amides is 1. The molecule has 2 N–H and O–H groups in total. The Morgan fingerprint density at radius 2 is 2.14 bits per heavy atom. The van der Waals surface area contributed by atoms with Crippen molar-refractivity contribution < 1.29 is 24.2 Å². The predicted molar refractivity (Wildman–Crippen MR) is 113 cm³/mol. The molecular weight excluding hydrogens is 416 g/mol. The van der Waals surface area contributed by atoms with Crippen LogP contribution in [0.25, 0.3) is 6.08 Å². The molecule has 1 fully saturated rings. The van der Waals surface area contributed by atoms with E-state index in [9.17, 15) is 9.59 Å². The first-order valence-corrected chi connectivity index (χ1v) is 9.64. The summed E-state index contributed by atoms with van der Waals surface area (Å²) in [5.74, 6) is -0.825. The third kappa shape index (κ3) is 5.10. The van der Waals surface area contributed by atoms with Crippen LogP contribution in [0.5, 0.6) is 11.5 Å². The van der Waals surface area contributed by atoms with Gasteiger partial charge in [-0.1, -0.05) is 29.8 Å². The summed E-state index contributed by atoms with van der Waals surface area (Å²) in [6.07, 6.45) is 1.60. The van der Waals surface area contributed by atoms with Crippen LogP contribution in [0.4, 0.5) is 5.69 Å². The number of amidine groups is 1. The first-order valence-electron chi connectivity index (χ1n) is 8.44. The highest BCUT2D eigenvalue weighted by Crippen LogP contribution is 2.36. The van der Waals surface area contributed by atoms with Gasteiger partial charge in [0.05, 0.1) is 17.7 Å². The van der Waals surface area contributed by atoms with Gasteiger partial charge in [0.2, 0.25) is 0 Å². The van der Waals surface area contributed by atoms with Crippen molar-refractivity contribution in [3.8, 4) is 11.5 Å². The van der Waals surface area contributed by atoms with E-state index in [0.717, 1.165) is 17.3 Å². The van der Waals surface area contributed by atoms with Gasteiger partial charge in [-0.25, -0.2) is 9.79 Å². The van der Waals surface area contributed by atoms with Gasteiger partial charge in [-0.2, -0.15) is 0 Å². The van der Waals surface area contributed by atoms with E-state index in [1.807, 2.05) is 19.1 Å². The minimum Gasteiger partial charge on any atom is -0.493 e. The third-order valence-electron chi connectivity index (χ3n) is 3.89. The van der Waals surface area contributed by atoms with Gasteiger partial charge in [-0.05, 0) is 48.5 Å². The number of hydrogen-bond acceptors (Lipinski definition) is 6. The number of carbonyl (C=O) groups excluding carboxylic acids is 1. The molecular formula is C20H17ClN2O5S. The van der Waals surface area contributed by atoms with Crippen LogP contribution in [0.1, 0.15) is 11.1 Å². The lowest BCUT2D eigenvalue weighted by Gasteiger charge is -2.12. The van der Waals surface area contributed by atoms with Gasteiger partial charge in [0, 0.05) is 10.6 Å². The van der Waals surface area contributed by atoms with Crippen LogP contribution in [0.3, 0.4) is 0 Å². The van der Waals surface area contributed by atoms with Crippen LogP contribution >= 0.6 is 23.4 Å². The summed E-state index contributed by atoms with van der Waals surface area (Å²) in [6, 6.07) is 10.5. The number of carboxylic acids is 1. The highest BCUT2D eigenvalue weighted by molar-refractivity contribution is 8.18. The number of ether oxygens (including phenoxy) is 2. The van der Waals surface area contributed by atoms with Crippen molar-refractivity contribution in [2.75, 3.05) is 13.7 Å². The molecule has 0 saturated carbocycles. The molecule has 0 aromatic heterocycles. The Kier molecular flexibility index (Phi) is 6.46. The van der Waals surface area contributed by atoms with Gasteiger partial charge in [0.1, 0.15) is 0 Å². The third-order valence-corrected chi connectivity index (χ3v) is 5.21. The summed E-state index contributed by atoms with van der Waals surface area (Å²) in [6.45, 7) is 1.36. The molecule has 29 heavy (non-hydrogen) atoms. The quantitative estimate of drug-likeness (QED) is 0.669. The molecule has 1 heterocycles. The van der Waals surface area contributed by atoms with E-state index in [2.05, 4.69) is 10.3 Å². The molecule has 2 aromatic rings. The average molecular weight is 433 g/mol. The van der Waals surface area contributed by atoms with E-state index in [1.165, 1.54) is 7.11 Å². The maximum Gasteiger partial charge on any atom is 0.341 e. The average Bonchev–Trinajstić information content (AvgIpc) is 3.02. The van der Waals surface area contributed by atoms with Crippen molar-refractivity contribution in [1.29, 1.82) is 0 Å². The Morgan fingerprint density at radius 3 is 2.83 bits per heavy atom. The first kappa shape index (κ1) is 20.8. The predicted octanol–water partition coefficient (Wildman–Crippen LogP) is 4.01. The fraction of sp³-hybridized carbons (Fsp3) is 0.150. The Labute approximate surface area is 176 Å². The van der Waals surface area contributed by atoms with Crippen molar-refractivity contribution in [2.24, 2.45) is 4.99 Å². The normalized spacial score (nSPS) is 16.2. The summed E-state index contributed by atoms with van der Waals surface area (Å²) in [4.78, 5) is 28.0. The van der Waals surface area contributed by atoms with Gasteiger partial charge in [-0.3, -0.25) is 4.79 Å². The first-order chi connectivity index (χ1) is 13.9. The van der Waals surface area contributed by atoms with Gasteiger partial charge < -0.3 is 19.9 Å². The maximum atomic E-state index is 12.4. The number of methoxy groups -OCH3 is 1. The molecule has 0 spiro atoms. The number of carbonyl (C=O) groups is 2. The molecule has 3 rings (SSSR count). The Morgan fingerprint density at radius 1 is 1.34 bits per heavy atom. The SMILES string of the molecule is COc1cccc(C=C2SC(=Nc3ccc(C)c(Cl)c3)NC2=O)c1OCC(=O)O. The van der Waals surface area contributed by atoms with Crippen molar-refractivity contribution in [3.63, 3.8) is 0 Å². The molecule has 2 aromatic carbocycles. The number of nitrogens with zero attached hydrogens (tertiary/aromatic N) is 1. The zero-order valence-corrected chi connectivity index (χ0v) is 17.1. The van der Waals surface area contributed by atoms with Gasteiger partial charge in [-0.15, -0.1) is 0 Å². The molecule has 1 aliphatic rings. The lowest BCUT2D eigenvalue weighted by molar-refractivity contribution is -0.139. The van der Waals surface area contributed by atoms with Crippen LogP contribution < -0.4 is 14.8 Å². The second kappa shape index (κ2) is 9.02. The molecule has 1 amide bonds. The molecule has 0 aliphatic carbocycles. The zero-order valence-electron chi connectivity index (χ0n) is 15.6. The van der Waals surface area contributed by atoms with Crippen LogP contribution in [0.15, 0.2) is 46.3 Å². The second-order valence-electron chi connectivity index (χ2n) is 5.98. The molecule has 1 aliphatic heterocycles. The molecule has 9 heteroatoms. The fourth-order valence-corrected chi connectivity index (χ4v) is 3.49. The van der Waals surface area contributed by atoms with E-state index >= 15 is 0 Å². The van der Waals surface area contributed by atoms with E-state index in [4.69, 9.17) is 26.2 Å². The number of halogens is 1. The number of benzene rings is 2. The highest BCUT2D eigenvalue weighted by Gasteiger charge is 2.25. The Balaban J connectivity index is 1.89. The Bertz CT molecular complexity index is 1040. The van der Waals surface area contributed by atoms with E-state index in [1.54, 1.807) is 30.3 Å². The minimum absolute atomic E-state index is 0.244. The van der Waals surface area contributed by atoms with Gasteiger partial charge in [0.25, 0.3) is 5.91 Å². The molecule has 1 saturated heterocycles. The Hall–Kier alpha value is -2.97. The van der Waals surface area contributed by atoms with Crippen LogP contribution in [0, 0.1) is 6.92 Å². The second-order valence-corrected chi connectivity index (χ2v) is 7.41. The lowest BCUT2D eigenvalue weighted by Crippen LogP contribution is -2.19. The number of aryl methyl sites for hydroxylation is 1. The van der Waals surface area contributed by atoms with Crippen molar-refractivity contribution in [2.45, 2.75) is 6.92 Å². The minimum atomic E-state index is -1.12.